The molecule has 0 aliphatic heterocycles. The molecular formula is C24H21N3O4. The van der Waals surface area contributed by atoms with Gasteiger partial charge in [0.1, 0.15) is 17.3 Å². The van der Waals surface area contributed by atoms with Crippen LogP contribution in [0.15, 0.2) is 77.3 Å². The first-order valence-corrected chi connectivity index (χ1v) is 9.76. The number of hydrogen-bond donors (Lipinski definition) is 2. The minimum Gasteiger partial charge on any atom is -0.497 e. The predicted molar refractivity (Wildman–Crippen MR) is 118 cm³/mol. The van der Waals surface area contributed by atoms with Crippen molar-refractivity contribution in [2.75, 3.05) is 12.4 Å². The third kappa shape index (κ3) is 4.40. The van der Waals surface area contributed by atoms with E-state index >= 15 is 0 Å². The largest absolute Gasteiger partial charge is 0.497 e. The summed E-state index contributed by atoms with van der Waals surface area (Å²) < 4.78 is 10.6. The molecule has 7 nitrogen and oxygen atoms in total. The molecule has 0 saturated carbocycles. The molecule has 31 heavy (non-hydrogen) atoms. The fourth-order valence-corrected chi connectivity index (χ4v) is 3.15. The molecule has 2 amide bonds. The van der Waals surface area contributed by atoms with Crippen molar-refractivity contribution in [3.8, 4) is 17.1 Å². The Morgan fingerprint density at radius 2 is 1.74 bits per heavy atom. The Kier molecular flexibility index (Phi) is 5.66. The second-order valence-corrected chi connectivity index (χ2v) is 7.02. The highest BCUT2D eigenvalue weighted by Gasteiger charge is 2.19. The quantitative estimate of drug-likeness (QED) is 0.491. The standard InChI is InChI=1S/C24H21N3O4/c1-15(23(28)26-18-9-11-19(30-2)12-10-18)25-24(29)17-8-13-21-20(14-17)22(31-27-21)16-6-4-3-5-7-16/h3-15H,1-2H3,(H,25,29)(H,26,28)/t15-/m0/s1. The van der Waals surface area contributed by atoms with Crippen LogP contribution in [0.25, 0.3) is 22.2 Å². The Hall–Kier alpha value is -4.13. The van der Waals surface area contributed by atoms with Gasteiger partial charge in [-0.3, -0.25) is 9.59 Å². The summed E-state index contributed by atoms with van der Waals surface area (Å²) in [5, 5.41) is 10.3. The fourth-order valence-electron chi connectivity index (χ4n) is 3.15. The number of carbonyl (C=O) groups excluding carboxylic acids is 2. The van der Waals surface area contributed by atoms with Crippen LogP contribution >= 0.6 is 0 Å². The van der Waals surface area contributed by atoms with E-state index in [1.807, 2.05) is 30.3 Å². The van der Waals surface area contributed by atoms with E-state index in [1.165, 1.54) is 0 Å². The fraction of sp³-hybridized carbons (Fsp3) is 0.125. The van der Waals surface area contributed by atoms with Gasteiger partial charge in [-0.05, 0) is 49.4 Å². The van der Waals surface area contributed by atoms with E-state index < -0.39 is 6.04 Å². The van der Waals surface area contributed by atoms with Gasteiger partial charge in [0.15, 0.2) is 5.76 Å². The monoisotopic (exact) mass is 415 g/mol. The number of nitrogens with zero attached hydrogens (tertiary/aromatic N) is 1. The molecule has 0 fully saturated rings. The molecule has 1 heterocycles. The van der Waals surface area contributed by atoms with E-state index in [1.54, 1.807) is 56.5 Å². The van der Waals surface area contributed by atoms with Gasteiger partial charge < -0.3 is 19.9 Å². The van der Waals surface area contributed by atoms with E-state index in [4.69, 9.17) is 9.26 Å². The first-order valence-electron chi connectivity index (χ1n) is 9.76. The highest BCUT2D eigenvalue weighted by Crippen LogP contribution is 2.29. The Labute approximate surface area is 179 Å². The van der Waals surface area contributed by atoms with Crippen molar-refractivity contribution in [3.63, 3.8) is 0 Å². The Bertz CT molecular complexity index is 1220. The van der Waals surface area contributed by atoms with Gasteiger partial charge in [0.25, 0.3) is 5.91 Å². The number of methoxy groups -OCH3 is 1. The molecule has 0 radical (unpaired) electrons. The van der Waals surface area contributed by atoms with Crippen LogP contribution in [0.1, 0.15) is 17.3 Å². The number of amides is 2. The van der Waals surface area contributed by atoms with Crippen molar-refractivity contribution in [1.29, 1.82) is 0 Å². The van der Waals surface area contributed by atoms with Crippen molar-refractivity contribution in [2.24, 2.45) is 0 Å². The molecule has 0 bridgehead atoms. The number of nitrogens with one attached hydrogen (secondary N) is 2. The van der Waals surface area contributed by atoms with Gasteiger partial charge in [0.2, 0.25) is 5.91 Å². The van der Waals surface area contributed by atoms with Crippen LogP contribution in [-0.2, 0) is 4.79 Å². The zero-order valence-electron chi connectivity index (χ0n) is 17.1. The SMILES string of the molecule is COc1ccc(NC(=O)[C@H](C)NC(=O)c2ccc3noc(-c4ccccc4)c3c2)cc1. The minimum atomic E-state index is -0.735. The topological polar surface area (TPSA) is 93.5 Å². The first-order chi connectivity index (χ1) is 15.0. The van der Waals surface area contributed by atoms with Gasteiger partial charge in [0, 0.05) is 16.8 Å². The molecule has 0 spiro atoms. The average Bonchev–Trinajstić information content (AvgIpc) is 3.23. The Morgan fingerprint density at radius 3 is 2.45 bits per heavy atom. The van der Waals surface area contributed by atoms with Gasteiger partial charge in [-0.2, -0.15) is 0 Å². The van der Waals surface area contributed by atoms with E-state index in [-0.39, 0.29) is 11.8 Å². The third-order valence-corrected chi connectivity index (χ3v) is 4.87. The van der Waals surface area contributed by atoms with Crippen molar-refractivity contribution in [1.82, 2.24) is 10.5 Å². The van der Waals surface area contributed by atoms with Crippen molar-refractivity contribution in [2.45, 2.75) is 13.0 Å². The summed E-state index contributed by atoms with van der Waals surface area (Å²) in [6, 6.07) is 20.9. The lowest BCUT2D eigenvalue weighted by Crippen LogP contribution is -2.41. The van der Waals surface area contributed by atoms with Crippen LogP contribution < -0.4 is 15.4 Å². The molecule has 0 unspecified atom stereocenters. The molecule has 2 N–H and O–H groups in total. The second kappa shape index (κ2) is 8.71. The zero-order valence-corrected chi connectivity index (χ0v) is 17.1. The van der Waals surface area contributed by atoms with Crippen LogP contribution in [0.2, 0.25) is 0 Å². The van der Waals surface area contributed by atoms with Crippen LogP contribution in [-0.4, -0.2) is 30.1 Å². The molecule has 1 aromatic heterocycles. The summed E-state index contributed by atoms with van der Waals surface area (Å²) in [6.45, 7) is 1.63. The molecule has 4 rings (SSSR count). The molecule has 0 aliphatic rings. The van der Waals surface area contributed by atoms with Crippen molar-refractivity contribution in [3.05, 3.63) is 78.4 Å². The Morgan fingerprint density at radius 1 is 1.00 bits per heavy atom. The maximum absolute atomic E-state index is 12.8. The molecular weight excluding hydrogens is 394 g/mol. The van der Waals surface area contributed by atoms with Crippen molar-refractivity contribution >= 4 is 28.4 Å². The number of carbonyl (C=O) groups is 2. The number of anilines is 1. The molecule has 156 valence electrons. The number of ether oxygens (including phenoxy) is 1. The number of hydrogen-bond acceptors (Lipinski definition) is 5. The highest BCUT2D eigenvalue weighted by atomic mass is 16.5. The minimum absolute atomic E-state index is 0.324. The summed E-state index contributed by atoms with van der Waals surface area (Å²) in [7, 11) is 1.57. The summed E-state index contributed by atoms with van der Waals surface area (Å²) >= 11 is 0. The van der Waals surface area contributed by atoms with Gasteiger partial charge >= 0.3 is 0 Å². The summed E-state index contributed by atoms with van der Waals surface area (Å²) in [5.74, 6) is 0.600. The van der Waals surface area contributed by atoms with Gasteiger partial charge in [0.05, 0.1) is 12.5 Å². The lowest BCUT2D eigenvalue weighted by atomic mass is 10.1. The van der Waals surface area contributed by atoms with E-state index in [2.05, 4.69) is 15.8 Å². The van der Waals surface area contributed by atoms with Crippen LogP contribution in [0, 0.1) is 0 Å². The molecule has 0 saturated heterocycles. The lowest BCUT2D eigenvalue weighted by Gasteiger charge is -2.14. The second-order valence-electron chi connectivity index (χ2n) is 7.02. The van der Waals surface area contributed by atoms with Gasteiger partial charge in [-0.25, -0.2) is 0 Å². The molecule has 1 atom stereocenters. The summed E-state index contributed by atoms with van der Waals surface area (Å²) in [6.07, 6.45) is 0. The van der Waals surface area contributed by atoms with Crippen LogP contribution in [0.3, 0.4) is 0 Å². The molecule has 3 aromatic carbocycles. The molecule has 0 aliphatic carbocycles. The molecule has 7 heteroatoms. The molecule has 4 aromatic rings. The third-order valence-electron chi connectivity index (χ3n) is 4.87. The van der Waals surface area contributed by atoms with E-state index in [0.29, 0.717) is 28.3 Å². The summed E-state index contributed by atoms with van der Waals surface area (Å²) in [4.78, 5) is 25.2. The van der Waals surface area contributed by atoms with Crippen LogP contribution in [0.4, 0.5) is 5.69 Å². The number of fused-ring (bicyclic) bond motifs is 1. The maximum Gasteiger partial charge on any atom is 0.251 e. The van der Waals surface area contributed by atoms with Gasteiger partial charge in [-0.1, -0.05) is 35.5 Å². The van der Waals surface area contributed by atoms with Gasteiger partial charge in [-0.15, -0.1) is 0 Å². The Balaban J connectivity index is 1.47. The van der Waals surface area contributed by atoms with Crippen LogP contribution in [0.5, 0.6) is 5.75 Å². The average molecular weight is 415 g/mol. The normalized spacial score (nSPS) is 11.7. The first kappa shape index (κ1) is 20.2. The predicted octanol–water partition coefficient (Wildman–Crippen LogP) is 4.26. The number of benzene rings is 3. The lowest BCUT2D eigenvalue weighted by molar-refractivity contribution is -0.117. The van der Waals surface area contributed by atoms with Crippen molar-refractivity contribution < 1.29 is 18.8 Å². The highest BCUT2D eigenvalue weighted by molar-refractivity contribution is 6.04. The number of rotatable bonds is 6. The van der Waals surface area contributed by atoms with E-state index in [9.17, 15) is 9.59 Å². The smallest absolute Gasteiger partial charge is 0.251 e. The summed E-state index contributed by atoms with van der Waals surface area (Å²) in [5.41, 5.74) is 2.55. The zero-order chi connectivity index (χ0) is 21.8. The number of aromatic nitrogens is 1. The maximum atomic E-state index is 12.8. The van der Waals surface area contributed by atoms with E-state index in [0.717, 1.165) is 10.9 Å².